The first-order valence-electron chi connectivity index (χ1n) is 10.4. The van der Waals surface area contributed by atoms with Crippen LogP contribution in [0.4, 0.5) is 0 Å². The summed E-state index contributed by atoms with van der Waals surface area (Å²) < 4.78 is 5.10. The third kappa shape index (κ3) is 3.55. The third-order valence-corrected chi connectivity index (χ3v) is 6.34. The molecular formula is C24H28N2O3. The standard InChI is InChI=1S/C24H28N2O3/c1-29-16-15-25-22(27)21-19-11-5-6-12-20(19)23(28)26(24(21)13-7-8-14-24)17-18-9-3-2-4-10-18/h2-6,9-12,21H,7-8,13-17H2,1H3,(H,25,27)/t21-/m1/s1. The number of benzene rings is 2. The molecule has 29 heavy (non-hydrogen) atoms. The molecule has 1 atom stereocenters. The molecule has 0 saturated heterocycles. The van der Waals surface area contributed by atoms with Crippen LogP contribution in [0.5, 0.6) is 0 Å². The van der Waals surface area contributed by atoms with Crippen molar-refractivity contribution >= 4 is 11.8 Å². The van der Waals surface area contributed by atoms with Crippen molar-refractivity contribution in [3.05, 3.63) is 71.3 Å². The Bertz CT molecular complexity index is 875. The van der Waals surface area contributed by atoms with Crippen LogP contribution < -0.4 is 5.32 Å². The average molecular weight is 392 g/mol. The van der Waals surface area contributed by atoms with E-state index in [2.05, 4.69) is 5.32 Å². The molecule has 1 fully saturated rings. The zero-order chi connectivity index (χ0) is 20.3. The van der Waals surface area contributed by atoms with Gasteiger partial charge in [0.1, 0.15) is 0 Å². The largest absolute Gasteiger partial charge is 0.383 e. The molecular weight excluding hydrogens is 364 g/mol. The fourth-order valence-electron chi connectivity index (χ4n) is 5.04. The van der Waals surface area contributed by atoms with Gasteiger partial charge in [0, 0.05) is 25.8 Å². The molecule has 2 aromatic carbocycles. The fraction of sp³-hybridized carbons (Fsp3) is 0.417. The summed E-state index contributed by atoms with van der Waals surface area (Å²) in [5.74, 6) is -0.339. The van der Waals surface area contributed by atoms with Crippen LogP contribution in [0.3, 0.4) is 0 Å². The predicted molar refractivity (Wildman–Crippen MR) is 112 cm³/mol. The molecule has 2 aliphatic rings. The fourth-order valence-corrected chi connectivity index (χ4v) is 5.04. The number of methoxy groups -OCH3 is 1. The maximum absolute atomic E-state index is 13.6. The highest BCUT2D eigenvalue weighted by molar-refractivity contribution is 6.02. The van der Waals surface area contributed by atoms with Crippen molar-refractivity contribution in [2.24, 2.45) is 0 Å². The molecule has 5 nitrogen and oxygen atoms in total. The quantitative estimate of drug-likeness (QED) is 0.766. The number of nitrogens with one attached hydrogen (secondary N) is 1. The van der Waals surface area contributed by atoms with Crippen molar-refractivity contribution in [3.8, 4) is 0 Å². The van der Waals surface area contributed by atoms with Crippen LogP contribution in [-0.2, 0) is 16.1 Å². The Morgan fingerprint density at radius 1 is 1.10 bits per heavy atom. The number of amides is 2. The molecule has 2 amide bonds. The van der Waals surface area contributed by atoms with Gasteiger partial charge in [-0.2, -0.15) is 0 Å². The van der Waals surface area contributed by atoms with Gasteiger partial charge in [-0.3, -0.25) is 9.59 Å². The molecule has 0 unspecified atom stereocenters. The van der Waals surface area contributed by atoms with Crippen LogP contribution in [0.2, 0.25) is 0 Å². The van der Waals surface area contributed by atoms with E-state index >= 15 is 0 Å². The van der Waals surface area contributed by atoms with Crippen LogP contribution in [0.15, 0.2) is 54.6 Å². The minimum Gasteiger partial charge on any atom is -0.383 e. The van der Waals surface area contributed by atoms with Gasteiger partial charge in [-0.25, -0.2) is 0 Å². The Morgan fingerprint density at radius 2 is 1.79 bits per heavy atom. The van der Waals surface area contributed by atoms with Crippen LogP contribution in [-0.4, -0.2) is 42.5 Å². The maximum atomic E-state index is 13.6. The van der Waals surface area contributed by atoms with Gasteiger partial charge in [0.2, 0.25) is 5.91 Å². The van der Waals surface area contributed by atoms with Gasteiger partial charge in [-0.15, -0.1) is 0 Å². The van der Waals surface area contributed by atoms with Gasteiger partial charge in [-0.05, 0) is 30.0 Å². The predicted octanol–water partition coefficient (Wildman–Crippen LogP) is 3.50. The highest BCUT2D eigenvalue weighted by Crippen LogP contribution is 2.50. The molecule has 1 saturated carbocycles. The molecule has 4 rings (SSSR count). The topological polar surface area (TPSA) is 58.6 Å². The van der Waals surface area contributed by atoms with Crippen molar-refractivity contribution in [2.45, 2.75) is 43.7 Å². The number of fused-ring (bicyclic) bond motifs is 1. The zero-order valence-electron chi connectivity index (χ0n) is 16.9. The lowest BCUT2D eigenvalue weighted by Gasteiger charge is -2.50. The summed E-state index contributed by atoms with van der Waals surface area (Å²) in [5, 5.41) is 3.04. The molecule has 0 radical (unpaired) electrons. The van der Waals surface area contributed by atoms with Gasteiger partial charge in [0.15, 0.2) is 0 Å². The lowest BCUT2D eigenvalue weighted by atomic mass is 9.71. The summed E-state index contributed by atoms with van der Waals surface area (Å²) in [6, 6.07) is 17.7. The van der Waals surface area contributed by atoms with Crippen molar-refractivity contribution < 1.29 is 14.3 Å². The monoisotopic (exact) mass is 392 g/mol. The van der Waals surface area contributed by atoms with Crippen LogP contribution in [0.25, 0.3) is 0 Å². The first-order valence-corrected chi connectivity index (χ1v) is 10.4. The average Bonchev–Trinajstić information content (AvgIpc) is 3.22. The number of carbonyl (C=O) groups excluding carboxylic acids is 2. The van der Waals surface area contributed by atoms with Gasteiger partial charge >= 0.3 is 0 Å². The van der Waals surface area contributed by atoms with Gasteiger partial charge < -0.3 is 15.0 Å². The summed E-state index contributed by atoms with van der Waals surface area (Å²) in [4.78, 5) is 29.0. The Kier molecular flexibility index (Phi) is 5.67. The minimum absolute atomic E-state index is 0.0121. The van der Waals surface area contributed by atoms with Crippen molar-refractivity contribution in [3.63, 3.8) is 0 Å². The van der Waals surface area contributed by atoms with Gasteiger partial charge in [0.25, 0.3) is 5.91 Å². The van der Waals surface area contributed by atoms with E-state index in [4.69, 9.17) is 4.74 Å². The number of nitrogens with zero attached hydrogens (tertiary/aromatic N) is 1. The van der Waals surface area contributed by atoms with Crippen LogP contribution in [0.1, 0.15) is 53.1 Å². The molecule has 1 heterocycles. The lowest BCUT2D eigenvalue weighted by Crippen LogP contribution is -2.60. The molecule has 0 aromatic heterocycles. The Hall–Kier alpha value is -2.66. The van der Waals surface area contributed by atoms with E-state index in [0.29, 0.717) is 25.3 Å². The van der Waals surface area contributed by atoms with Crippen LogP contribution in [0, 0.1) is 0 Å². The molecule has 1 spiro atoms. The normalized spacial score (nSPS) is 20.0. The zero-order valence-corrected chi connectivity index (χ0v) is 16.9. The van der Waals surface area contributed by atoms with Crippen molar-refractivity contribution in [2.75, 3.05) is 20.3 Å². The molecule has 2 aromatic rings. The number of carbonyl (C=O) groups is 2. The van der Waals surface area contributed by atoms with Crippen molar-refractivity contribution in [1.82, 2.24) is 10.2 Å². The van der Waals surface area contributed by atoms with E-state index in [-0.39, 0.29) is 17.7 Å². The summed E-state index contributed by atoms with van der Waals surface area (Å²) in [6.45, 7) is 1.46. The van der Waals surface area contributed by atoms with Gasteiger partial charge in [0.05, 0.1) is 18.1 Å². The molecule has 5 heteroatoms. The number of hydrogen-bond acceptors (Lipinski definition) is 3. The lowest BCUT2D eigenvalue weighted by molar-refractivity contribution is -0.126. The minimum atomic E-state index is -0.474. The van der Waals surface area contributed by atoms with Crippen LogP contribution >= 0.6 is 0 Å². The summed E-state index contributed by atoms with van der Waals surface area (Å²) in [5.41, 5.74) is 2.12. The molecule has 1 aliphatic carbocycles. The van der Waals surface area contributed by atoms with E-state index in [9.17, 15) is 9.59 Å². The maximum Gasteiger partial charge on any atom is 0.254 e. The second-order valence-corrected chi connectivity index (χ2v) is 7.99. The van der Waals surface area contributed by atoms with E-state index in [1.54, 1.807) is 7.11 Å². The molecule has 152 valence electrons. The first kappa shape index (κ1) is 19.6. The third-order valence-electron chi connectivity index (χ3n) is 6.34. The second-order valence-electron chi connectivity index (χ2n) is 7.99. The van der Waals surface area contributed by atoms with Gasteiger partial charge in [-0.1, -0.05) is 61.4 Å². The summed E-state index contributed by atoms with van der Waals surface area (Å²) in [7, 11) is 1.63. The molecule has 1 aliphatic heterocycles. The summed E-state index contributed by atoms with van der Waals surface area (Å²) in [6.07, 6.45) is 3.76. The summed E-state index contributed by atoms with van der Waals surface area (Å²) >= 11 is 0. The Labute approximate surface area is 172 Å². The first-order chi connectivity index (χ1) is 14.2. The SMILES string of the molecule is COCCNC(=O)[C@H]1c2ccccc2C(=O)N(Cc2ccccc2)C12CCCC2. The van der Waals surface area contributed by atoms with E-state index < -0.39 is 5.54 Å². The van der Waals surface area contributed by atoms with E-state index in [0.717, 1.165) is 36.8 Å². The van der Waals surface area contributed by atoms with E-state index in [1.165, 1.54) is 0 Å². The highest BCUT2D eigenvalue weighted by Gasteiger charge is 2.55. The Balaban J connectivity index is 1.78. The number of rotatable bonds is 6. The smallest absolute Gasteiger partial charge is 0.254 e. The molecule has 1 N–H and O–H groups in total. The number of hydrogen-bond donors (Lipinski definition) is 1. The Morgan fingerprint density at radius 3 is 2.52 bits per heavy atom. The number of ether oxygens (including phenoxy) is 1. The van der Waals surface area contributed by atoms with E-state index in [1.807, 2.05) is 59.5 Å². The highest BCUT2D eigenvalue weighted by atomic mass is 16.5. The van der Waals surface area contributed by atoms with Crippen molar-refractivity contribution in [1.29, 1.82) is 0 Å². The molecule has 0 bridgehead atoms. The second kappa shape index (κ2) is 8.37.